The van der Waals surface area contributed by atoms with Crippen LogP contribution in [0.2, 0.25) is 0 Å². The molecule has 0 radical (unpaired) electrons. The smallest absolute Gasteiger partial charge is 0.142 e. The Balaban J connectivity index is 1.78. The molecule has 0 aliphatic rings. The normalized spacial score (nSPS) is 11.2. The van der Waals surface area contributed by atoms with Crippen molar-refractivity contribution < 1.29 is 9.84 Å². The molecule has 2 N–H and O–H groups in total. The molecule has 0 unspecified atom stereocenters. The highest BCUT2D eigenvalue weighted by atomic mass is 32.2. The third-order valence-corrected chi connectivity index (χ3v) is 6.07. The number of aliphatic hydroxyl groups excluding tert-OH is 1. The first-order valence-corrected chi connectivity index (χ1v) is 10.4. The Labute approximate surface area is 161 Å². The second kappa shape index (κ2) is 9.32. The zero-order valence-electron chi connectivity index (χ0n) is 15.0. The summed E-state index contributed by atoms with van der Waals surface area (Å²) in [6, 6.07) is 10.3. The molecule has 0 saturated heterocycles. The lowest BCUT2D eigenvalue weighted by molar-refractivity contribution is 0.0992. The monoisotopic (exact) mass is 389 g/mol. The number of thiophene rings is 1. The highest BCUT2D eigenvalue weighted by Crippen LogP contribution is 2.34. The van der Waals surface area contributed by atoms with Gasteiger partial charge < -0.3 is 15.2 Å². The zero-order chi connectivity index (χ0) is 18.4. The van der Waals surface area contributed by atoms with Gasteiger partial charge in [-0.1, -0.05) is 18.2 Å². The van der Waals surface area contributed by atoms with Crippen LogP contribution in [-0.4, -0.2) is 41.4 Å². The lowest BCUT2D eigenvalue weighted by Gasteiger charge is -2.10. The minimum Gasteiger partial charge on any atom is -0.394 e. The molecule has 1 aromatic carbocycles. The molecule has 3 aromatic rings. The van der Waals surface area contributed by atoms with E-state index in [9.17, 15) is 0 Å². The maximum atomic E-state index is 8.79. The molecule has 0 atom stereocenters. The molecule has 0 saturated carbocycles. The fourth-order valence-corrected chi connectivity index (χ4v) is 4.38. The van der Waals surface area contributed by atoms with Crippen molar-refractivity contribution in [3.8, 4) is 0 Å². The fourth-order valence-electron chi connectivity index (χ4n) is 2.56. The maximum Gasteiger partial charge on any atom is 0.142 e. The minimum absolute atomic E-state index is 0.0431. The van der Waals surface area contributed by atoms with E-state index in [4.69, 9.17) is 19.8 Å². The topological polar surface area (TPSA) is 67.3 Å². The van der Waals surface area contributed by atoms with E-state index < -0.39 is 0 Å². The van der Waals surface area contributed by atoms with Gasteiger partial charge in [-0.15, -0.1) is 23.1 Å². The van der Waals surface area contributed by atoms with Crippen LogP contribution in [-0.2, 0) is 10.5 Å². The minimum atomic E-state index is 0.0431. The van der Waals surface area contributed by atoms with Crippen LogP contribution in [0.25, 0.3) is 10.2 Å². The summed E-state index contributed by atoms with van der Waals surface area (Å²) in [7, 11) is 0. The van der Waals surface area contributed by atoms with Crippen LogP contribution in [0.15, 0.2) is 35.2 Å². The average Bonchev–Trinajstić information content (AvgIpc) is 2.95. The van der Waals surface area contributed by atoms with E-state index in [0.717, 1.165) is 27.6 Å². The molecule has 0 spiro atoms. The first kappa shape index (κ1) is 19.1. The zero-order valence-corrected chi connectivity index (χ0v) is 16.6. The van der Waals surface area contributed by atoms with Gasteiger partial charge in [0.2, 0.25) is 0 Å². The van der Waals surface area contributed by atoms with Crippen molar-refractivity contribution in [3.63, 3.8) is 0 Å². The summed E-state index contributed by atoms with van der Waals surface area (Å²) in [4.78, 5) is 13.0. The van der Waals surface area contributed by atoms with Crippen LogP contribution in [0.4, 0.5) is 5.82 Å². The number of aromatic nitrogens is 2. The molecule has 0 aliphatic heterocycles. The number of thioether (sulfide) groups is 1. The molecule has 0 fully saturated rings. The Kier molecular flexibility index (Phi) is 6.85. The molecule has 0 bridgehead atoms. The molecular formula is C19H23N3O2S2. The average molecular weight is 390 g/mol. The molecular weight excluding hydrogens is 366 g/mol. The van der Waals surface area contributed by atoms with Crippen molar-refractivity contribution in [2.45, 2.75) is 24.5 Å². The van der Waals surface area contributed by atoms with E-state index in [0.29, 0.717) is 19.8 Å². The lowest BCUT2D eigenvalue weighted by Crippen LogP contribution is -2.13. The van der Waals surface area contributed by atoms with Crippen LogP contribution in [0.3, 0.4) is 0 Å². The first-order chi connectivity index (χ1) is 12.7. The molecule has 7 heteroatoms. The summed E-state index contributed by atoms with van der Waals surface area (Å²) in [5.74, 6) is 2.42. The van der Waals surface area contributed by atoms with Crippen molar-refractivity contribution in [3.05, 3.63) is 46.6 Å². The Morgan fingerprint density at radius 3 is 2.73 bits per heavy atom. The van der Waals surface area contributed by atoms with E-state index in [2.05, 4.69) is 31.3 Å². The van der Waals surface area contributed by atoms with Gasteiger partial charge in [-0.3, -0.25) is 0 Å². The van der Waals surface area contributed by atoms with Gasteiger partial charge >= 0.3 is 0 Å². The Morgan fingerprint density at radius 1 is 1.15 bits per heavy atom. The second-order valence-corrected chi connectivity index (χ2v) is 8.07. The van der Waals surface area contributed by atoms with Crippen LogP contribution >= 0.6 is 23.1 Å². The first-order valence-electron chi connectivity index (χ1n) is 8.56. The van der Waals surface area contributed by atoms with E-state index >= 15 is 0 Å². The number of aryl methyl sites for hydroxylation is 2. The summed E-state index contributed by atoms with van der Waals surface area (Å²) < 4.78 is 5.33. The van der Waals surface area contributed by atoms with Crippen molar-refractivity contribution in [2.24, 2.45) is 0 Å². The van der Waals surface area contributed by atoms with Gasteiger partial charge in [-0.2, -0.15) is 0 Å². The van der Waals surface area contributed by atoms with Gasteiger partial charge in [0.05, 0.1) is 31.0 Å². The number of fused-ring (bicyclic) bond motifs is 1. The number of nitrogens with zero attached hydrogens (tertiary/aromatic N) is 2. The van der Waals surface area contributed by atoms with Gasteiger partial charge in [0.15, 0.2) is 0 Å². The molecule has 0 aliphatic carbocycles. The van der Waals surface area contributed by atoms with E-state index in [-0.39, 0.29) is 6.61 Å². The molecule has 3 rings (SSSR count). The molecule has 2 heterocycles. The molecule has 2 aromatic heterocycles. The van der Waals surface area contributed by atoms with Gasteiger partial charge in [0.25, 0.3) is 0 Å². The maximum absolute atomic E-state index is 8.79. The number of benzene rings is 1. The third-order valence-electron chi connectivity index (χ3n) is 3.96. The van der Waals surface area contributed by atoms with E-state index in [1.807, 2.05) is 18.2 Å². The predicted octanol–water partition coefficient (Wildman–Crippen LogP) is 4.02. The highest BCUT2D eigenvalue weighted by Gasteiger charge is 2.14. The van der Waals surface area contributed by atoms with Gasteiger partial charge in [0, 0.05) is 16.3 Å². The van der Waals surface area contributed by atoms with Crippen LogP contribution in [0.1, 0.15) is 16.3 Å². The van der Waals surface area contributed by atoms with Gasteiger partial charge in [-0.05, 0) is 31.5 Å². The summed E-state index contributed by atoms with van der Waals surface area (Å²) in [6.45, 7) is 5.81. The van der Waals surface area contributed by atoms with E-state index in [1.54, 1.807) is 23.1 Å². The van der Waals surface area contributed by atoms with Crippen molar-refractivity contribution in [1.82, 2.24) is 9.97 Å². The number of nitrogens with one attached hydrogen (secondary N) is 1. The second-order valence-electron chi connectivity index (χ2n) is 5.82. The standard InChI is InChI=1S/C19H23N3O2S2/c1-13-14(2)26-19-17(13)18(20-8-10-24-11-9-23)21-16(22-19)12-25-15-6-4-3-5-7-15/h3-7,23H,8-12H2,1-2H3,(H,20,21,22). The number of aliphatic hydroxyl groups is 1. The largest absolute Gasteiger partial charge is 0.394 e. The number of ether oxygens (including phenoxy) is 1. The Hall–Kier alpha value is -1.67. The van der Waals surface area contributed by atoms with Crippen LogP contribution in [0.5, 0.6) is 0 Å². The summed E-state index contributed by atoms with van der Waals surface area (Å²) in [6.07, 6.45) is 0. The Morgan fingerprint density at radius 2 is 1.96 bits per heavy atom. The number of hydrogen-bond acceptors (Lipinski definition) is 7. The molecule has 0 amide bonds. The molecule has 26 heavy (non-hydrogen) atoms. The number of anilines is 1. The highest BCUT2D eigenvalue weighted by molar-refractivity contribution is 7.98. The van der Waals surface area contributed by atoms with Crippen LogP contribution < -0.4 is 5.32 Å². The SMILES string of the molecule is Cc1sc2nc(CSc3ccccc3)nc(NCCOCCO)c2c1C. The molecule has 138 valence electrons. The summed E-state index contributed by atoms with van der Waals surface area (Å²) in [5, 5.41) is 13.3. The summed E-state index contributed by atoms with van der Waals surface area (Å²) in [5.41, 5.74) is 1.23. The van der Waals surface area contributed by atoms with Crippen LogP contribution in [0, 0.1) is 13.8 Å². The third kappa shape index (κ3) is 4.73. The van der Waals surface area contributed by atoms with Gasteiger partial charge in [-0.25, -0.2) is 9.97 Å². The quantitative estimate of drug-likeness (QED) is 0.426. The number of rotatable bonds is 9. The number of hydrogen-bond donors (Lipinski definition) is 2. The van der Waals surface area contributed by atoms with Gasteiger partial charge in [0.1, 0.15) is 16.5 Å². The predicted molar refractivity (Wildman–Crippen MR) is 109 cm³/mol. The van der Waals surface area contributed by atoms with Crippen molar-refractivity contribution in [2.75, 3.05) is 31.7 Å². The van der Waals surface area contributed by atoms with Crippen molar-refractivity contribution >= 4 is 39.1 Å². The molecule has 5 nitrogen and oxygen atoms in total. The van der Waals surface area contributed by atoms with Crippen molar-refractivity contribution in [1.29, 1.82) is 0 Å². The summed E-state index contributed by atoms with van der Waals surface area (Å²) >= 11 is 3.45. The fraction of sp³-hybridized carbons (Fsp3) is 0.368. The Bertz CT molecular complexity index is 853. The van der Waals surface area contributed by atoms with E-state index in [1.165, 1.54) is 15.3 Å². The lowest BCUT2D eigenvalue weighted by atomic mass is 10.2.